The van der Waals surface area contributed by atoms with Crippen LogP contribution in [0.4, 0.5) is 0 Å². The van der Waals surface area contributed by atoms with E-state index in [9.17, 15) is 4.79 Å². The molecule has 0 aliphatic heterocycles. The highest BCUT2D eigenvalue weighted by Crippen LogP contribution is 2.37. The molecule has 0 radical (unpaired) electrons. The number of halogens is 1. The van der Waals surface area contributed by atoms with Crippen LogP contribution < -0.4 is 9.47 Å². The monoisotopic (exact) mass is 394 g/mol. The Bertz CT molecular complexity index is 805. The molecule has 0 unspecified atom stereocenters. The maximum atomic E-state index is 12.0. The number of hydrogen-bond acceptors (Lipinski definition) is 7. The second kappa shape index (κ2) is 9.91. The lowest BCUT2D eigenvalue weighted by atomic mass is 10.2. The van der Waals surface area contributed by atoms with Crippen LogP contribution in [0.25, 0.3) is 6.08 Å². The van der Waals surface area contributed by atoms with Gasteiger partial charge < -0.3 is 14.2 Å². The molecule has 1 aromatic heterocycles. The fourth-order valence-electron chi connectivity index (χ4n) is 2.25. The average molecular weight is 395 g/mol. The molecule has 0 amide bonds. The zero-order valence-electron chi connectivity index (χ0n) is 15.8. The number of aryl methyl sites for hydroxylation is 1. The van der Waals surface area contributed by atoms with Gasteiger partial charge in [0.25, 0.3) is 0 Å². The normalized spacial score (nSPS) is 11.2. The number of carbonyl (C=O) groups is 1. The van der Waals surface area contributed by atoms with Crippen molar-refractivity contribution in [1.82, 2.24) is 20.2 Å². The molecule has 0 fully saturated rings. The molecule has 0 atom stereocenters. The van der Waals surface area contributed by atoms with Gasteiger partial charge in [0.05, 0.1) is 18.2 Å². The zero-order chi connectivity index (χ0) is 19.8. The van der Waals surface area contributed by atoms with Gasteiger partial charge in [-0.15, -0.1) is 5.10 Å². The van der Waals surface area contributed by atoms with Gasteiger partial charge in [-0.1, -0.05) is 18.5 Å². The number of methoxy groups -OCH3 is 1. The lowest BCUT2D eigenvalue weighted by Crippen LogP contribution is -2.09. The number of benzene rings is 1. The van der Waals surface area contributed by atoms with E-state index in [1.54, 1.807) is 22.9 Å². The number of carbonyl (C=O) groups excluding carboxylic acids is 1. The van der Waals surface area contributed by atoms with Crippen LogP contribution in [-0.2, 0) is 22.7 Å². The molecule has 27 heavy (non-hydrogen) atoms. The van der Waals surface area contributed by atoms with Crippen LogP contribution >= 0.6 is 11.6 Å². The van der Waals surface area contributed by atoms with E-state index in [0.717, 1.165) is 6.42 Å². The van der Waals surface area contributed by atoms with Crippen LogP contribution in [0.3, 0.4) is 0 Å². The summed E-state index contributed by atoms with van der Waals surface area (Å²) in [5.41, 5.74) is 0.681. The standard InChI is InChI=1S/C18H23ClN4O4/c1-5-8-23-16(20-21-22-23)11-26-17(24)7-6-13-9-14(19)18(27-12(2)3)15(10-13)25-4/h6-7,9-10,12H,5,8,11H2,1-4H3/b7-6+. The van der Waals surface area contributed by atoms with Crippen LogP contribution in [0.5, 0.6) is 11.5 Å². The van der Waals surface area contributed by atoms with Crippen molar-refractivity contribution in [2.75, 3.05) is 7.11 Å². The summed E-state index contributed by atoms with van der Waals surface area (Å²) in [4.78, 5) is 12.0. The summed E-state index contributed by atoms with van der Waals surface area (Å²) in [6.07, 6.45) is 3.73. The van der Waals surface area contributed by atoms with E-state index in [1.165, 1.54) is 13.2 Å². The Labute approximate surface area is 163 Å². The van der Waals surface area contributed by atoms with E-state index < -0.39 is 5.97 Å². The van der Waals surface area contributed by atoms with Crippen molar-refractivity contribution in [3.8, 4) is 11.5 Å². The van der Waals surface area contributed by atoms with Gasteiger partial charge in [0.15, 0.2) is 23.9 Å². The lowest BCUT2D eigenvalue weighted by molar-refractivity contribution is -0.139. The van der Waals surface area contributed by atoms with Crippen molar-refractivity contribution in [3.05, 3.63) is 34.6 Å². The van der Waals surface area contributed by atoms with Gasteiger partial charge in [0, 0.05) is 12.6 Å². The van der Waals surface area contributed by atoms with Gasteiger partial charge in [0.2, 0.25) is 0 Å². The molecular weight excluding hydrogens is 372 g/mol. The number of rotatable bonds is 9. The minimum Gasteiger partial charge on any atom is -0.493 e. The van der Waals surface area contributed by atoms with Crippen LogP contribution in [-0.4, -0.2) is 39.4 Å². The Balaban J connectivity index is 2.03. The minimum atomic E-state index is -0.515. The third kappa shape index (κ3) is 5.96. The predicted molar refractivity (Wildman–Crippen MR) is 101 cm³/mol. The van der Waals surface area contributed by atoms with Gasteiger partial charge >= 0.3 is 5.97 Å². The van der Waals surface area contributed by atoms with E-state index >= 15 is 0 Å². The Morgan fingerprint density at radius 2 is 2.15 bits per heavy atom. The summed E-state index contributed by atoms with van der Waals surface area (Å²) in [6, 6.07) is 3.42. The minimum absolute atomic E-state index is 0.00141. The molecule has 0 bridgehead atoms. The highest BCUT2D eigenvalue weighted by Gasteiger charge is 2.13. The van der Waals surface area contributed by atoms with Gasteiger partial charge in [-0.2, -0.15) is 0 Å². The number of hydrogen-bond donors (Lipinski definition) is 0. The summed E-state index contributed by atoms with van der Waals surface area (Å²) in [5.74, 6) is 0.941. The van der Waals surface area contributed by atoms with Crippen molar-refractivity contribution in [1.29, 1.82) is 0 Å². The third-order valence-corrected chi connectivity index (χ3v) is 3.68. The summed E-state index contributed by atoms with van der Waals surface area (Å²) in [5, 5.41) is 11.7. The fourth-order valence-corrected chi connectivity index (χ4v) is 2.51. The van der Waals surface area contributed by atoms with Crippen molar-refractivity contribution in [3.63, 3.8) is 0 Å². The highest BCUT2D eigenvalue weighted by molar-refractivity contribution is 6.32. The van der Waals surface area contributed by atoms with Crippen LogP contribution in [0, 0.1) is 0 Å². The molecule has 0 aliphatic carbocycles. The van der Waals surface area contributed by atoms with E-state index in [1.807, 2.05) is 20.8 Å². The Morgan fingerprint density at radius 1 is 1.37 bits per heavy atom. The number of ether oxygens (including phenoxy) is 3. The SMILES string of the molecule is CCCn1nnnc1COC(=O)/C=C/c1cc(Cl)c(OC(C)C)c(OC)c1. The first-order chi connectivity index (χ1) is 12.9. The number of nitrogens with zero attached hydrogens (tertiary/aromatic N) is 4. The number of tetrazole rings is 1. The van der Waals surface area contributed by atoms with Crippen molar-refractivity contribution >= 4 is 23.6 Å². The summed E-state index contributed by atoms with van der Waals surface area (Å²) < 4.78 is 17.8. The first-order valence-electron chi connectivity index (χ1n) is 8.58. The van der Waals surface area contributed by atoms with E-state index in [4.69, 9.17) is 25.8 Å². The fraction of sp³-hybridized carbons (Fsp3) is 0.444. The molecule has 0 spiro atoms. The van der Waals surface area contributed by atoms with E-state index in [2.05, 4.69) is 15.5 Å². The van der Waals surface area contributed by atoms with E-state index in [0.29, 0.717) is 34.5 Å². The average Bonchev–Trinajstić information content (AvgIpc) is 3.07. The molecule has 146 valence electrons. The highest BCUT2D eigenvalue weighted by atomic mass is 35.5. The first-order valence-corrected chi connectivity index (χ1v) is 8.96. The Morgan fingerprint density at radius 3 is 2.81 bits per heavy atom. The quantitative estimate of drug-likeness (QED) is 0.476. The first kappa shape index (κ1) is 20.7. The van der Waals surface area contributed by atoms with Crippen LogP contribution in [0.2, 0.25) is 5.02 Å². The largest absolute Gasteiger partial charge is 0.493 e. The molecule has 1 aromatic carbocycles. The molecule has 2 aromatic rings. The molecular formula is C18H23ClN4O4. The topological polar surface area (TPSA) is 88.4 Å². The van der Waals surface area contributed by atoms with Gasteiger partial charge in [-0.3, -0.25) is 0 Å². The third-order valence-electron chi connectivity index (χ3n) is 3.40. The number of aromatic nitrogens is 4. The van der Waals surface area contributed by atoms with Crippen molar-refractivity contribution < 1.29 is 19.0 Å². The Kier molecular flexibility index (Phi) is 7.60. The summed E-state index contributed by atoms with van der Waals surface area (Å²) >= 11 is 6.27. The van der Waals surface area contributed by atoms with Gasteiger partial charge in [0.1, 0.15) is 0 Å². The summed E-state index contributed by atoms with van der Waals surface area (Å²) in [7, 11) is 1.53. The molecule has 9 heteroatoms. The predicted octanol–water partition coefficient (Wildman–Crippen LogP) is 3.29. The van der Waals surface area contributed by atoms with Crippen molar-refractivity contribution in [2.45, 2.75) is 46.4 Å². The molecule has 1 heterocycles. The second-order valence-corrected chi connectivity index (χ2v) is 6.37. The van der Waals surface area contributed by atoms with Crippen molar-refractivity contribution in [2.24, 2.45) is 0 Å². The van der Waals surface area contributed by atoms with E-state index in [-0.39, 0.29) is 12.7 Å². The van der Waals surface area contributed by atoms with Crippen LogP contribution in [0.15, 0.2) is 18.2 Å². The second-order valence-electron chi connectivity index (χ2n) is 5.96. The Hall–Kier alpha value is -2.61. The molecule has 2 rings (SSSR count). The van der Waals surface area contributed by atoms with Gasteiger partial charge in [-0.05, 0) is 54.5 Å². The molecule has 0 aliphatic rings. The number of esters is 1. The molecule has 0 N–H and O–H groups in total. The smallest absolute Gasteiger partial charge is 0.331 e. The molecule has 8 nitrogen and oxygen atoms in total. The maximum Gasteiger partial charge on any atom is 0.331 e. The lowest BCUT2D eigenvalue weighted by Gasteiger charge is -2.15. The zero-order valence-corrected chi connectivity index (χ0v) is 16.6. The van der Waals surface area contributed by atoms with Crippen LogP contribution in [0.1, 0.15) is 38.6 Å². The summed E-state index contributed by atoms with van der Waals surface area (Å²) in [6.45, 7) is 6.48. The van der Waals surface area contributed by atoms with Gasteiger partial charge in [-0.25, -0.2) is 9.48 Å². The molecule has 0 saturated heterocycles. The maximum absolute atomic E-state index is 12.0. The molecule has 0 saturated carbocycles.